The zero-order valence-corrected chi connectivity index (χ0v) is 24.8. The van der Waals surface area contributed by atoms with Gasteiger partial charge in [-0.05, 0) is 79.2 Å². The number of amides is 1. The average Bonchev–Trinajstić information content (AvgIpc) is 3.39. The molecule has 2 saturated carbocycles. The molecule has 5 N–H and O–H groups in total. The molecule has 7 nitrogen and oxygen atoms in total. The van der Waals surface area contributed by atoms with Gasteiger partial charge in [-0.1, -0.05) is 52.0 Å². The van der Waals surface area contributed by atoms with Crippen LogP contribution < -0.4 is 16.2 Å². The lowest BCUT2D eigenvalue weighted by atomic mass is 9.69. The van der Waals surface area contributed by atoms with Crippen LogP contribution in [-0.4, -0.2) is 48.4 Å². The number of hydrogen-bond acceptors (Lipinski definition) is 5. The second-order valence-corrected chi connectivity index (χ2v) is 15.2. The van der Waals surface area contributed by atoms with Gasteiger partial charge in [0.15, 0.2) is 0 Å². The molecule has 2 fully saturated rings. The van der Waals surface area contributed by atoms with Crippen molar-refractivity contribution in [3.63, 3.8) is 0 Å². The minimum absolute atomic E-state index is 0.122. The summed E-state index contributed by atoms with van der Waals surface area (Å²) in [6, 6.07) is 8.00. The summed E-state index contributed by atoms with van der Waals surface area (Å²) in [5, 5.41) is 8.32. The second kappa shape index (κ2) is 11.4. The quantitative estimate of drug-likeness (QED) is 0.431. The smallest absolute Gasteiger partial charge is 0.237 e. The number of rotatable bonds is 9. The van der Waals surface area contributed by atoms with E-state index in [1.165, 1.54) is 25.7 Å². The topological polar surface area (TPSA) is 132 Å². The van der Waals surface area contributed by atoms with Crippen molar-refractivity contribution in [3.05, 3.63) is 35.4 Å². The monoisotopic (exact) mass is 553 g/mol. The Balaban J connectivity index is 0.000000244. The Bertz CT molecular complexity index is 1100. The van der Waals surface area contributed by atoms with Gasteiger partial charge in [0.2, 0.25) is 15.9 Å². The Kier molecular flexibility index (Phi) is 9.36. The van der Waals surface area contributed by atoms with Crippen LogP contribution in [0.2, 0.25) is 0 Å². The lowest BCUT2D eigenvalue weighted by Crippen LogP contribution is -2.55. The number of primary sulfonamides is 1. The molecule has 0 spiro atoms. The number of carbonyl (C=O) groups excluding carboxylic acids is 1. The van der Waals surface area contributed by atoms with Crippen molar-refractivity contribution in [1.29, 1.82) is 0 Å². The number of sulfonamides is 1. The van der Waals surface area contributed by atoms with Gasteiger partial charge < -0.3 is 11.1 Å². The highest BCUT2D eigenvalue weighted by atomic mass is 32.2. The molecule has 9 heteroatoms. The van der Waals surface area contributed by atoms with Gasteiger partial charge in [-0.25, -0.2) is 13.6 Å². The fraction of sp³-hybridized carbons (Fsp3) is 0.750. The fourth-order valence-electron chi connectivity index (χ4n) is 7.43. The van der Waals surface area contributed by atoms with Crippen LogP contribution in [0.5, 0.6) is 0 Å². The summed E-state index contributed by atoms with van der Waals surface area (Å²) in [7, 11) is -4.65. The third-order valence-electron chi connectivity index (χ3n) is 10.1. The Labute approximate surface area is 226 Å². The molecular weight excluding hydrogens is 506 g/mol. The summed E-state index contributed by atoms with van der Waals surface area (Å²) >= 11 is 0. The van der Waals surface area contributed by atoms with Gasteiger partial charge >= 0.3 is 0 Å². The number of nitrogens with one attached hydrogen (secondary N) is 1. The van der Waals surface area contributed by atoms with E-state index >= 15 is 0 Å². The van der Waals surface area contributed by atoms with Crippen LogP contribution in [-0.2, 0) is 37.5 Å². The Morgan fingerprint density at radius 3 is 2.41 bits per heavy atom. The van der Waals surface area contributed by atoms with E-state index in [1.807, 2.05) is 0 Å². The van der Waals surface area contributed by atoms with Crippen LogP contribution in [0.15, 0.2) is 24.3 Å². The van der Waals surface area contributed by atoms with Crippen LogP contribution in [0.1, 0.15) is 83.8 Å². The summed E-state index contributed by atoms with van der Waals surface area (Å²) in [5.41, 5.74) is 8.87. The van der Waals surface area contributed by atoms with Gasteiger partial charge in [0.05, 0.1) is 11.8 Å². The predicted molar refractivity (Wildman–Crippen MR) is 152 cm³/mol. The molecular formula is C28H47N3O4S2. The lowest BCUT2D eigenvalue weighted by Gasteiger charge is -2.42. The average molecular weight is 554 g/mol. The van der Waals surface area contributed by atoms with Crippen molar-refractivity contribution in [1.82, 2.24) is 5.32 Å². The fourth-order valence-corrected chi connectivity index (χ4v) is 9.45. The maximum atomic E-state index is 12.4. The molecule has 0 saturated heterocycles. The van der Waals surface area contributed by atoms with E-state index < -0.39 is 32.3 Å². The van der Waals surface area contributed by atoms with Crippen molar-refractivity contribution in [2.75, 3.05) is 17.8 Å². The number of carbonyl (C=O) groups is 1. The van der Waals surface area contributed by atoms with Crippen LogP contribution in [0.4, 0.5) is 0 Å². The highest BCUT2D eigenvalue weighted by Crippen LogP contribution is 2.66. The van der Waals surface area contributed by atoms with Crippen molar-refractivity contribution >= 4 is 26.7 Å². The number of hydrogen-bond donors (Lipinski definition) is 3. The Hall–Kier alpha value is -1.29. The van der Waals surface area contributed by atoms with Gasteiger partial charge in [0.25, 0.3) is 0 Å². The standard InChI is InChI=1S/C15H29N3O4S2.C13H18/c1-14(2)10-4-6-15(14,9-24(17,21)22)12(8-10)18-13(19)11(16)5-7-23(3)20;1-3-13(4-2)10-9-11-7-5-6-8-12(11)13/h10-12H,4-9,16H2,1-3H3,(H,18,19)(H2,17,21,22);5-8H,3-4,9-10H2,1-2H3/t10?,11-,12?,15?,23?;/m0./s1. The van der Waals surface area contributed by atoms with Gasteiger partial charge in [-0.15, -0.1) is 0 Å². The van der Waals surface area contributed by atoms with E-state index in [-0.39, 0.29) is 23.1 Å². The van der Waals surface area contributed by atoms with Crippen LogP contribution in [0.3, 0.4) is 0 Å². The molecule has 210 valence electrons. The largest absolute Gasteiger partial charge is 0.351 e. The predicted octanol–water partition coefficient (Wildman–Crippen LogP) is 3.37. The van der Waals surface area contributed by atoms with Crippen LogP contribution >= 0.6 is 0 Å². The van der Waals surface area contributed by atoms with Gasteiger partial charge in [-0.3, -0.25) is 9.00 Å². The summed E-state index contributed by atoms with van der Waals surface area (Å²) in [5.74, 6) is 0.310. The Morgan fingerprint density at radius 2 is 1.84 bits per heavy atom. The highest BCUT2D eigenvalue weighted by Gasteiger charge is 2.65. The van der Waals surface area contributed by atoms with E-state index in [4.69, 9.17) is 10.9 Å². The first-order valence-electron chi connectivity index (χ1n) is 13.7. The third-order valence-corrected chi connectivity index (χ3v) is 11.8. The van der Waals surface area contributed by atoms with Crippen molar-refractivity contribution in [3.8, 4) is 0 Å². The third kappa shape index (κ3) is 6.15. The molecule has 0 aliphatic heterocycles. The normalized spacial score (nSPS) is 28.6. The first-order valence-corrected chi connectivity index (χ1v) is 17.1. The molecule has 0 heterocycles. The first kappa shape index (κ1) is 30.3. The molecule has 4 unspecified atom stereocenters. The maximum absolute atomic E-state index is 12.4. The first-order chi connectivity index (χ1) is 17.2. The molecule has 37 heavy (non-hydrogen) atoms. The van der Waals surface area contributed by atoms with Crippen LogP contribution in [0, 0.1) is 16.7 Å². The summed E-state index contributed by atoms with van der Waals surface area (Å²) in [4.78, 5) is 12.4. The highest BCUT2D eigenvalue weighted by molar-refractivity contribution is 7.89. The SMILES string of the molecule is CCC1(CC)CCc2ccccc21.CS(=O)CC[C@H](N)C(=O)NC1CC2CCC1(CS(N)(=O)=O)C2(C)C. The van der Waals surface area contributed by atoms with E-state index in [2.05, 4.69) is 57.3 Å². The van der Waals surface area contributed by atoms with Crippen molar-refractivity contribution in [2.24, 2.45) is 27.6 Å². The molecule has 5 atom stereocenters. The van der Waals surface area contributed by atoms with Gasteiger partial charge in [0, 0.05) is 34.3 Å². The minimum atomic E-state index is -3.66. The van der Waals surface area contributed by atoms with Crippen molar-refractivity contribution < 1.29 is 17.4 Å². The number of fused-ring (bicyclic) bond motifs is 3. The molecule has 1 aromatic rings. The van der Waals surface area contributed by atoms with Crippen LogP contribution in [0.25, 0.3) is 0 Å². The summed E-state index contributed by atoms with van der Waals surface area (Å²) in [6.07, 6.45) is 9.59. The molecule has 4 rings (SSSR count). The van der Waals surface area contributed by atoms with Gasteiger partial charge in [0.1, 0.15) is 0 Å². The molecule has 1 amide bonds. The maximum Gasteiger partial charge on any atom is 0.237 e. The minimum Gasteiger partial charge on any atom is -0.351 e. The number of nitrogens with two attached hydrogens (primary N) is 2. The Morgan fingerprint density at radius 1 is 1.19 bits per heavy atom. The molecule has 1 aromatic carbocycles. The van der Waals surface area contributed by atoms with Gasteiger partial charge in [-0.2, -0.15) is 0 Å². The zero-order chi connectivity index (χ0) is 27.6. The molecule has 0 radical (unpaired) electrons. The summed E-state index contributed by atoms with van der Waals surface area (Å²) in [6.45, 7) is 8.79. The molecule has 3 aliphatic carbocycles. The van der Waals surface area contributed by atoms with Crippen molar-refractivity contribution in [2.45, 2.75) is 96.6 Å². The second-order valence-electron chi connectivity index (χ2n) is 12.0. The molecule has 0 aromatic heterocycles. The summed E-state index contributed by atoms with van der Waals surface area (Å²) < 4.78 is 34.8. The number of benzene rings is 1. The zero-order valence-electron chi connectivity index (χ0n) is 23.2. The number of aryl methyl sites for hydroxylation is 1. The lowest BCUT2D eigenvalue weighted by molar-refractivity contribution is -0.124. The van der Waals surface area contributed by atoms with E-state index in [9.17, 15) is 17.4 Å². The van der Waals surface area contributed by atoms with E-state index in [1.54, 1.807) is 17.4 Å². The van der Waals surface area contributed by atoms with E-state index in [0.29, 0.717) is 23.5 Å². The van der Waals surface area contributed by atoms with E-state index in [0.717, 1.165) is 19.3 Å². The molecule has 3 aliphatic rings. The molecule has 2 bridgehead atoms.